The summed E-state index contributed by atoms with van der Waals surface area (Å²) in [4.78, 5) is 2.47. The van der Waals surface area contributed by atoms with Crippen LogP contribution in [0.25, 0.3) is 0 Å². The van der Waals surface area contributed by atoms with Gasteiger partial charge in [-0.15, -0.1) is 0 Å². The van der Waals surface area contributed by atoms with Crippen molar-refractivity contribution in [2.75, 3.05) is 30.3 Å². The van der Waals surface area contributed by atoms with Crippen molar-refractivity contribution in [3.63, 3.8) is 0 Å². The Morgan fingerprint density at radius 2 is 2.05 bits per heavy atom. The molecule has 2 N–H and O–H groups in total. The molecule has 0 bridgehead atoms. The minimum absolute atomic E-state index is 0.682. The zero-order valence-corrected chi connectivity index (χ0v) is 12.9. The third-order valence-corrected chi connectivity index (χ3v) is 4.13. The van der Waals surface area contributed by atoms with Crippen molar-refractivity contribution < 1.29 is 4.74 Å². The summed E-state index contributed by atoms with van der Waals surface area (Å²) in [5, 5.41) is 0. The third-order valence-electron chi connectivity index (χ3n) is 4.13. The fourth-order valence-corrected chi connectivity index (χ4v) is 3.16. The lowest BCUT2D eigenvalue weighted by molar-refractivity contribution is 0.340. The van der Waals surface area contributed by atoms with Gasteiger partial charge in [-0.2, -0.15) is 0 Å². The van der Waals surface area contributed by atoms with Gasteiger partial charge in [-0.3, -0.25) is 0 Å². The summed E-state index contributed by atoms with van der Waals surface area (Å²) in [5.74, 6) is 1.79. The Bertz CT molecular complexity index is 419. The van der Waals surface area contributed by atoms with Crippen LogP contribution in [0.4, 0.5) is 11.4 Å². The number of rotatable bonds is 5. The van der Waals surface area contributed by atoms with Crippen LogP contribution in [0.1, 0.15) is 46.0 Å². The Morgan fingerprint density at radius 3 is 2.80 bits per heavy atom. The molecule has 1 aliphatic heterocycles. The van der Waals surface area contributed by atoms with E-state index in [1.54, 1.807) is 0 Å². The lowest BCUT2D eigenvalue weighted by Crippen LogP contribution is -2.24. The number of nitrogens with zero attached hydrogens (tertiary/aromatic N) is 1. The standard InChI is InChI=1S/C17H28N2O/c1-3-6-14-7-5-9-19(10-8-14)16-11-15(18)12-17(13-16)20-4-2/h11-14H,3-10,18H2,1-2H3. The first-order chi connectivity index (χ1) is 9.72. The monoisotopic (exact) mass is 276 g/mol. The van der Waals surface area contributed by atoms with Crippen molar-refractivity contribution in [3.05, 3.63) is 18.2 Å². The first kappa shape index (κ1) is 15.0. The fraction of sp³-hybridized carbons (Fsp3) is 0.647. The molecule has 1 unspecified atom stereocenters. The molecule has 3 heteroatoms. The molecule has 0 radical (unpaired) electrons. The predicted octanol–water partition coefficient (Wildman–Crippen LogP) is 4.07. The van der Waals surface area contributed by atoms with Crippen molar-refractivity contribution in [3.8, 4) is 5.75 Å². The van der Waals surface area contributed by atoms with E-state index < -0.39 is 0 Å². The Hall–Kier alpha value is -1.38. The van der Waals surface area contributed by atoms with E-state index in [1.807, 2.05) is 13.0 Å². The maximum Gasteiger partial charge on any atom is 0.123 e. The van der Waals surface area contributed by atoms with Gasteiger partial charge in [0.15, 0.2) is 0 Å². The Morgan fingerprint density at radius 1 is 1.20 bits per heavy atom. The normalized spacial score (nSPS) is 19.7. The minimum atomic E-state index is 0.682. The minimum Gasteiger partial charge on any atom is -0.494 e. The highest BCUT2D eigenvalue weighted by molar-refractivity contribution is 5.60. The van der Waals surface area contributed by atoms with Crippen molar-refractivity contribution in [2.45, 2.75) is 46.0 Å². The van der Waals surface area contributed by atoms with Crippen LogP contribution in [0.5, 0.6) is 5.75 Å². The van der Waals surface area contributed by atoms with Gasteiger partial charge >= 0.3 is 0 Å². The number of benzene rings is 1. The molecule has 112 valence electrons. The Kier molecular flexibility index (Phi) is 5.57. The first-order valence-electron chi connectivity index (χ1n) is 8.01. The van der Waals surface area contributed by atoms with Gasteiger partial charge in [0.2, 0.25) is 0 Å². The average molecular weight is 276 g/mol. The summed E-state index contributed by atoms with van der Waals surface area (Å²) in [7, 11) is 0. The topological polar surface area (TPSA) is 38.5 Å². The lowest BCUT2D eigenvalue weighted by atomic mass is 9.96. The van der Waals surface area contributed by atoms with Crippen LogP contribution < -0.4 is 15.4 Å². The lowest BCUT2D eigenvalue weighted by Gasteiger charge is -2.24. The maximum atomic E-state index is 6.00. The molecule has 0 saturated carbocycles. The molecule has 0 spiro atoms. The van der Waals surface area contributed by atoms with Gasteiger partial charge in [0.05, 0.1) is 6.61 Å². The third kappa shape index (κ3) is 4.06. The number of anilines is 2. The quantitative estimate of drug-likeness (QED) is 0.824. The second-order valence-electron chi connectivity index (χ2n) is 5.77. The molecule has 3 nitrogen and oxygen atoms in total. The molecule has 0 aromatic heterocycles. The molecule has 0 aliphatic carbocycles. The van der Waals surface area contributed by atoms with E-state index in [0.29, 0.717) is 6.61 Å². The van der Waals surface area contributed by atoms with Gasteiger partial charge in [-0.1, -0.05) is 19.8 Å². The highest BCUT2D eigenvalue weighted by atomic mass is 16.5. The maximum absolute atomic E-state index is 6.00. The van der Waals surface area contributed by atoms with Gasteiger partial charge < -0.3 is 15.4 Å². The van der Waals surface area contributed by atoms with Crippen LogP contribution in [0.3, 0.4) is 0 Å². The highest BCUT2D eigenvalue weighted by Crippen LogP contribution is 2.29. The molecule has 1 fully saturated rings. The molecule has 1 saturated heterocycles. The molecular weight excluding hydrogens is 248 g/mol. The van der Waals surface area contributed by atoms with E-state index in [-0.39, 0.29) is 0 Å². The number of nitrogen functional groups attached to an aromatic ring is 1. The zero-order chi connectivity index (χ0) is 14.4. The molecule has 0 amide bonds. The molecule has 1 aromatic rings. The number of hydrogen-bond donors (Lipinski definition) is 1. The SMILES string of the molecule is CCCC1CCCN(c2cc(N)cc(OCC)c2)CC1. The van der Waals surface area contributed by atoms with E-state index in [0.717, 1.165) is 30.4 Å². The summed E-state index contributed by atoms with van der Waals surface area (Å²) in [6.07, 6.45) is 6.62. The van der Waals surface area contributed by atoms with Gasteiger partial charge in [0.1, 0.15) is 5.75 Å². The molecule has 1 atom stereocenters. The number of hydrogen-bond acceptors (Lipinski definition) is 3. The van der Waals surface area contributed by atoms with Gasteiger partial charge in [-0.05, 0) is 38.2 Å². The number of nitrogens with two attached hydrogens (primary N) is 1. The first-order valence-corrected chi connectivity index (χ1v) is 8.01. The fourth-order valence-electron chi connectivity index (χ4n) is 3.16. The van der Waals surface area contributed by atoms with E-state index in [2.05, 4.69) is 24.0 Å². The summed E-state index contributed by atoms with van der Waals surface area (Å²) in [6, 6.07) is 6.10. The molecule has 1 heterocycles. The second-order valence-corrected chi connectivity index (χ2v) is 5.77. The molecular formula is C17H28N2O. The van der Waals surface area contributed by atoms with Crippen LogP contribution in [-0.4, -0.2) is 19.7 Å². The van der Waals surface area contributed by atoms with Gasteiger partial charge in [0, 0.05) is 36.6 Å². The van der Waals surface area contributed by atoms with E-state index in [9.17, 15) is 0 Å². The number of ether oxygens (including phenoxy) is 1. The summed E-state index contributed by atoms with van der Waals surface area (Å²) < 4.78 is 5.60. The van der Waals surface area contributed by atoms with Crippen molar-refractivity contribution >= 4 is 11.4 Å². The predicted molar refractivity (Wildman–Crippen MR) is 86.5 cm³/mol. The molecule has 2 rings (SSSR count). The van der Waals surface area contributed by atoms with Crippen LogP contribution in [0.15, 0.2) is 18.2 Å². The Labute approximate surface area is 123 Å². The zero-order valence-electron chi connectivity index (χ0n) is 12.9. The largest absolute Gasteiger partial charge is 0.494 e. The van der Waals surface area contributed by atoms with Crippen molar-refractivity contribution in [1.29, 1.82) is 0 Å². The smallest absolute Gasteiger partial charge is 0.123 e. The van der Waals surface area contributed by atoms with Crippen molar-refractivity contribution in [2.24, 2.45) is 5.92 Å². The molecule has 1 aromatic carbocycles. The van der Waals surface area contributed by atoms with Gasteiger partial charge in [0.25, 0.3) is 0 Å². The van der Waals surface area contributed by atoms with Gasteiger partial charge in [-0.25, -0.2) is 0 Å². The van der Waals surface area contributed by atoms with Crippen LogP contribution in [0, 0.1) is 5.92 Å². The van der Waals surface area contributed by atoms with E-state index in [1.165, 1.54) is 37.8 Å². The summed E-state index contributed by atoms with van der Waals surface area (Å²) in [5.41, 5.74) is 8.01. The average Bonchev–Trinajstić information content (AvgIpc) is 2.65. The molecule has 1 aliphatic rings. The Balaban J connectivity index is 2.07. The van der Waals surface area contributed by atoms with Crippen LogP contribution >= 0.6 is 0 Å². The van der Waals surface area contributed by atoms with Crippen molar-refractivity contribution in [1.82, 2.24) is 0 Å². The van der Waals surface area contributed by atoms with Crippen LogP contribution in [0.2, 0.25) is 0 Å². The second kappa shape index (κ2) is 7.41. The van der Waals surface area contributed by atoms with Crippen LogP contribution in [-0.2, 0) is 0 Å². The summed E-state index contributed by atoms with van der Waals surface area (Å²) in [6.45, 7) is 7.25. The summed E-state index contributed by atoms with van der Waals surface area (Å²) >= 11 is 0. The highest BCUT2D eigenvalue weighted by Gasteiger charge is 2.17. The van der Waals surface area contributed by atoms with E-state index >= 15 is 0 Å². The van der Waals surface area contributed by atoms with E-state index in [4.69, 9.17) is 10.5 Å². The molecule has 20 heavy (non-hydrogen) atoms.